The van der Waals surface area contributed by atoms with Crippen LogP contribution in [0.5, 0.6) is 5.75 Å². The van der Waals surface area contributed by atoms with Gasteiger partial charge in [0, 0.05) is 19.1 Å². The van der Waals surface area contributed by atoms with Crippen molar-refractivity contribution in [3.63, 3.8) is 0 Å². The van der Waals surface area contributed by atoms with Crippen LogP contribution in [0, 0.1) is 0 Å². The molecule has 1 aromatic carbocycles. The molecule has 25 heavy (non-hydrogen) atoms. The molecule has 0 radical (unpaired) electrons. The summed E-state index contributed by atoms with van der Waals surface area (Å²) in [7, 11) is 1.59. The number of methoxy groups -OCH3 is 1. The van der Waals surface area contributed by atoms with Crippen molar-refractivity contribution in [3.8, 4) is 5.75 Å². The highest BCUT2D eigenvalue weighted by atomic mass is 16.6. The summed E-state index contributed by atoms with van der Waals surface area (Å²) in [4.78, 5) is 29.2. The van der Waals surface area contributed by atoms with Gasteiger partial charge in [0.1, 0.15) is 16.9 Å². The number of hydrogen-bond donors (Lipinski definition) is 1. The van der Waals surface area contributed by atoms with Crippen molar-refractivity contribution in [2.24, 2.45) is 0 Å². The van der Waals surface area contributed by atoms with Gasteiger partial charge < -0.3 is 19.4 Å². The number of carbonyl (C=O) groups excluding carboxylic acids is 1. The zero-order valence-electron chi connectivity index (χ0n) is 15.2. The van der Waals surface area contributed by atoms with Gasteiger partial charge in [0.15, 0.2) is 0 Å². The number of aromatic amines is 1. The quantitative estimate of drug-likeness (QED) is 0.906. The summed E-state index contributed by atoms with van der Waals surface area (Å²) < 4.78 is 12.5. The monoisotopic (exact) mass is 347 g/mol. The van der Waals surface area contributed by atoms with Crippen molar-refractivity contribution in [2.45, 2.75) is 45.3 Å². The summed E-state index contributed by atoms with van der Waals surface area (Å²) in [5.41, 5.74) is 0.901. The number of H-pyrrole nitrogens is 1. The molecule has 1 aromatic heterocycles. The minimum Gasteiger partial charge on any atom is -0.494 e. The summed E-state index contributed by atoms with van der Waals surface area (Å²) >= 11 is 0. The first-order valence-corrected chi connectivity index (χ1v) is 8.55. The first-order chi connectivity index (χ1) is 11.8. The highest BCUT2D eigenvalue weighted by Crippen LogP contribution is 2.29. The van der Waals surface area contributed by atoms with E-state index in [4.69, 9.17) is 9.47 Å². The number of rotatable bonds is 2. The summed E-state index contributed by atoms with van der Waals surface area (Å²) in [5, 5.41) is 0. The second kappa shape index (κ2) is 6.46. The molecule has 2 heterocycles. The van der Waals surface area contributed by atoms with E-state index in [1.165, 1.54) is 0 Å². The Morgan fingerprint density at radius 2 is 1.92 bits per heavy atom. The molecule has 0 aliphatic carbocycles. The highest BCUT2D eigenvalue weighted by Gasteiger charge is 2.29. The van der Waals surface area contributed by atoms with E-state index in [0.717, 1.165) is 5.52 Å². The summed E-state index contributed by atoms with van der Waals surface area (Å²) in [5.74, 6) is 0.652. The van der Waals surface area contributed by atoms with Gasteiger partial charge in [0.2, 0.25) is 0 Å². The number of fused-ring (bicyclic) bond motifs is 1. The number of imidazole rings is 1. The average Bonchev–Trinajstić information content (AvgIpc) is 2.89. The first-order valence-electron chi connectivity index (χ1n) is 8.55. The lowest BCUT2D eigenvalue weighted by atomic mass is 10.0. The van der Waals surface area contributed by atoms with E-state index in [-0.39, 0.29) is 17.8 Å². The van der Waals surface area contributed by atoms with Gasteiger partial charge in [-0.2, -0.15) is 0 Å². The van der Waals surface area contributed by atoms with Gasteiger partial charge in [0.05, 0.1) is 12.6 Å². The number of nitrogens with zero attached hydrogens (tertiary/aromatic N) is 2. The van der Waals surface area contributed by atoms with Crippen molar-refractivity contribution in [1.29, 1.82) is 0 Å². The fourth-order valence-electron chi connectivity index (χ4n) is 3.29. The first kappa shape index (κ1) is 17.4. The third kappa shape index (κ3) is 3.50. The Balaban J connectivity index is 1.78. The van der Waals surface area contributed by atoms with Crippen molar-refractivity contribution in [3.05, 3.63) is 28.7 Å². The maximum Gasteiger partial charge on any atom is 0.410 e. The Morgan fingerprint density at radius 3 is 2.52 bits per heavy atom. The lowest BCUT2D eigenvalue weighted by Gasteiger charge is -2.33. The molecule has 1 N–H and O–H groups in total. The van der Waals surface area contributed by atoms with Crippen LogP contribution in [0.4, 0.5) is 4.79 Å². The van der Waals surface area contributed by atoms with Gasteiger partial charge in [-0.3, -0.25) is 4.57 Å². The maximum absolute atomic E-state index is 12.5. The molecule has 1 aliphatic rings. The normalized spacial score (nSPS) is 16.2. The molecule has 1 aliphatic heterocycles. The molecule has 0 atom stereocenters. The molecule has 0 unspecified atom stereocenters. The van der Waals surface area contributed by atoms with E-state index >= 15 is 0 Å². The van der Waals surface area contributed by atoms with E-state index < -0.39 is 5.60 Å². The van der Waals surface area contributed by atoms with Gasteiger partial charge >= 0.3 is 11.8 Å². The molecule has 7 nitrogen and oxygen atoms in total. The molecule has 1 saturated heterocycles. The number of likely N-dealkylation sites (tertiary alicyclic amines) is 1. The van der Waals surface area contributed by atoms with Crippen LogP contribution in [0.25, 0.3) is 11.0 Å². The third-order valence-corrected chi connectivity index (χ3v) is 4.42. The Kier molecular flexibility index (Phi) is 4.49. The molecule has 0 spiro atoms. The van der Waals surface area contributed by atoms with Crippen LogP contribution in [-0.2, 0) is 4.74 Å². The van der Waals surface area contributed by atoms with Gasteiger partial charge in [-0.15, -0.1) is 0 Å². The molecule has 2 aromatic rings. The Labute approximate surface area is 146 Å². The fraction of sp³-hybridized carbons (Fsp3) is 0.556. The third-order valence-electron chi connectivity index (χ3n) is 4.42. The number of carbonyl (C=O) groups is 1. The lowest BCUT2D eigenvalue weighted by molar-refractivity contribution is 0.0189. The van der Waals surface area contributed by atoms with Gasteiger partial charge in [-0.1, -0.05) is 6.07 Å². The zero-order chi connectivity index (χ0) is 18.2. The van der Waals surface area contributed by atoms with E-state index in [2.05, 4.69) is 4.98 Å². The molecule has 1 amide bonds. The second-order valence-electron chi connectivity index (χ2n) is 7.35. The number of hydrogen-bond acceptors (Lipinski definition) is 4. The van der Waals surface area contributed by atoms with Gasteiger partial charge in [0.25, 0.3) is 0 Å². The van der Waals surface area contributed by atoms with Crippen LogP contribution in [0.1, 0.15) is 39.7 Å². The highest BCUT2D eigenvalue weighted by molar-refractivity contribution is 5.82. The number of amides is 1. The van der Waals surface area contributed by atoms with Gasteiger partial charge in [-0.05, 0) is 45.7 Å². The number of aromatic nitrogens is 2. The topological polar surface area (TPSA) is 76.6 Å². The minimum absolute atomic E-state index is 0.0482. The SMILES string of the molecule is COc1cccc2c1[nH]c(=O)n2C1CCN(C(=O)OC(C)(C)C)CC1. The lowest BCUT2D eigenvalue weighted by Crippen LogP contribution is -2.43. The molecule has 3 rings (SSSR count). The number of benzene rings is 1. The molecule has 0 bridgehead atoms. The second-order valence-corrected chi connectivity index (χ2v) is 7.35. The number of ether oxygens (including phenoxy) is 2. The van der Waals surface area contributed by atoms with Crippen molar-refractivity contribution >= 4 is 17.1 Å². The summed E-state index contributed by atoms with van der Waals surface area (Å²) in [6, 6.07) is 5.66. The Morgan fingerprint density at radius 1 is 1.24 bits per heavy atom. The van der Waals surface area contributed by atoms with E-state index in [9.17, 15) is 9.59 Å². The molecular formula is C18H25N3O4. The molecule has 136 valence electrons. The van der Waals surface area contributed by atoms with Crippen molar-refractivity contribution < 1.29 is 14.3 Å². The van der Waals surface area contributed by atoms with Crippen LogP contribution in [0.3, 0.4) is 0 Å². The fourth-order valence-corrected chi connectivity index (χ4v) is 3.29. The molecule has 1 fully saturated rings. The van der Waals surface area contributed by atoms with Gasteiger partial charge in [-0.25, -0.2) is 9.59 Å². The minimum atomic E-state index is -0.502. The Hall–Kier alpha value is -2.44. The maximum atomic E-state index is 12.5. The van der Waals surface area contributed by atoms with Crippen LogP contribution in [0.15, 0.2) is 23.0 Å². The summed E-state index contributed by atoms with van der Waals surface area (Å²) in [6.07, 6.45) is 1.13. The van der Waals surface area contributed by atoms with E-state index in [1.807, 2.05) is 39.0 Å². The van der Waals surface area contributed by atoms with Crippen molar-refractivity contribution in [2.75, 3.05) is 20.2 Å². The largest absolute Gasteiger partial charge is 0.494 e. The number of nitrogens with one attached hydrogen (secondary N) is 1. The number of piperidine rings is 1. The average molecular weight is 347 g/mol. The van der Waals surface area contributed by atoms with Crippen LogP contribution >= 0.6 is 0 Å². The van der Waals surface area contributed by atoms with Crippen LogP contribution in [0.2, 0.25) is 0 Å². The molecular weight excluding hydrogens is 322 g/mol. The van der Waals surface area contributed by atoms with Crippen molar-refractivity contribution in [1.82, 2.24) is 14.5 Å². The van der Waals surface area contributed by atoms with E-state index in [0.29, 0.717) is 37.2 Å². The Bertz CT molecular complexity index is 823. The zero-order valence-corrected chi connectivity index (χ0v) is 15.2. The number of para-hydroxylation sites is 1. The van der Waals surface area contributed by atoms with Crippen LogP contribution in [-0.4, -0.2) is 46.3 Å². The molecule has 0 saturated carbocycles. The molecule has 7 heteroatoms. The summed E-state index contributed by atoms with van der Waals surface area (Å²) in [6.45, 7) is 6.72. The predicted octanol–water partition coefficient (Wildman–Crippen LogP) is 2.91. The standard InChI is InChI=1S/C18H25N3O4/c1-18(2,3)25-17(23)20-10-8-12(9-11-20)21-13-6-5-7-14(24-4)15(13)19-16(21)22/h5-7,12H,8-11H2,1-4H3,(H,19,22). The smallest absolute Gasteiger partial charge is 0.410 e. The van der Waals surface area contributed by atoms with E-state index in [1.54, 1.807) is 16.6 Å². The predicted molar refractivity (Wildman–Crippen MR) is 95.2 cm³/mol. The van der Waals surface area contributed by atoms with Crippen LogP contribution < -0.4 is 10.4 Å².